The number of carbonyl (C=O) groups is 1. The minimum Gasteiger partial charge on any atom is -0.473 e. The van der Waals surface area contributed by atoms with Crippen molar-refractivity contribution in [3.05, 3.63) is 75.8 Å². The third kappa shape index (κ3) is 4.87. The van der Waals surface area contributed by atoms with Gasteiger partial charge in [0.25, 0.3) is 0 Å². The van der Waals surface area contributed by atoms with E-state index in [0.29, 0.717) is 22.2 Å². The predicted molar refractivity (Wildman–Crippen MR) is 140 cm³/mol. The molecule has 0 unspecified atom stereocenters. The minimum absolute atomic E-state index is 0.0451. The Balaban J connectivity index is 1.25. The fraction of sp³-hybridized carbons (Fsp3) is 0.357. The molecule has 4 aromatic rings. The zero-order valence-corrected chi connectivity index (χ0v) is 21.9. The van der Waals surface area contributed by atoms with E-state index in [1.807, 2.05) is 31.3 Å². The number of imidazole rings is 1. The van der Waals surface area contributed by atoms with E-state index >= 15 is 0 Å². The predicted octanol–water partition coefficient (Wildman–Crippen LogP) is 5.23. The van der Waals surface area contributed by atoms with Crippen LogP contribution in [0.4, 0.5) is 4.39 Å². The first-order valence-electron chi connectivity index (χ1n) is 12.2. The monoisotopic (exact) mass is 517 g/mol. The first-order valence-corrected chi connectivity index (χ1v) is 13.0. The van der Waals surface area contributed by atoms with Gasteiger partial charge >= 0.3 is 0 Å². The quantitative estimate of drug-likeness (QED) is 0.312. The van der Waals surface area contributed by atoms with Crippen molar-refractivity contribution >= 4 is 28.0 Å². The second-order valence-electron chi connectivity index (χ2n) is 9.92. The van der Waals surface area contributed by atoms with E-state index in [-0.39, 0.29) is 17.6 Å². The molecule has 0 amide bonds. The van der Waals surface area contributed by atoms with Gasteiger partial charge in [0.2, 0.25) is 5.88 Å². The van der Waals surface area contributed by atoms with E-state index in [4.69, 9.17) is 20.0 Å². The number of pyridine rings is 1. The van der Waals surface area contributed by atoms with Gasteiger partial charge < -0.3 is 9.30 Å². The lowest BCUT2D eigenvalue weighted by molar-refractivity contribution is 0.0996. The largest absolute Gasteiger partial charge is 0.473 e. The summed E-state index contributed by atoms with van der Waals surface area (Å²) >= 11 is 1.47. The lowest BCUT2D eigenvalue weighted by Gasteiger charge is -2.44. The summed E-state index contributed by atoms with van der Waals surface area (Å²) in [4.78, 5) is 24.8. The van der Waals surface area contributed by atoms with Crippen LogP contribution in [0.5, 0.6) is 5.88 Å². The van der Waals surface area contributed by atoms with Gasteiger partial charge in [0.15, 0.2) is 6.29 Å². The molecule has 0 spiro atoms. The Hall–Kier alpha value is -3.61. The van der Waals surface area contributed by atoms with E-state index in [0.717, 1.165) is 54.2 Å². The molecular formula is C28H28FN5O2S. The number of aryl methyl sites for hydroxylation is 1. The van der Waals surface area contributed by atoms with Crippen molar-refractivity contribution in [1.82, 2.24) is 19.4 Å². The summed E-state index contributed by atoms with van der Waals surface area (Å²) in [7, 11) is 2.01. The molecule has 2 atom stereocenters. The maximum atomic E-state index is 14.2. The number of aldehydes is 1. The molecule has 7 nitrogen and oxygen atoms in total. The molecule has 0 saturated carbocycles. The fourth-order valence-corrected chi connectivity index (χ4v) is 5.87. The molecule has 5 rings (SSSR count). The average molecular weight is 518 g/mol. The number of carbonyl (C=O) groups excluding carboxylic acids is 1. The Labute approximate surface area is 219 Å². The number of likely N-dealkylation sites (tertiary alicyclic amines) is 1. The molecule has 1 saturated heterocycles. The number of benzene rings is 1. The van der Waals surface area contributed by atoms with Crippen molar-refractivity contribution in [3.8, 4) is 11.9 Å². The van der Waals surface area contributed by atoms with Crippen molar-refractivity contribution in [2.75, 3.05) is 13.1 Å². The van der Waals surface area contributed by atoms with Crippen LogP contribution < -0.4 is 4.74 Å². The SMILES string of the molecule is C[C@H]1CN(Cc2nc3cc(C=O)sc3n2C)CC[C@]1(C)c1cccc(OCc2ccc(C#N)cc2F)n1. The number of halogens is 1. The summed E-state index contributed by atoms with van der Waals surface area (Å²) in [6.45, 7) is 7.11. The van der Waals surface area contributed by atoms with Crippen LogP contribution >= 0.6 is 11.3 Å². The van der Waals surface area contributed by atoms with Crippen LogP contribution in [0.3, 0.4) is 0 Å². The third-order valence-electron chi connectivity index (χ3n) is 7.57. The molecule has 0 radical (unpaired) electrons. The molecule has 190 valence electrons. The zero-order chi connectivity index (χ0) is 26.2. The van der Waals surface area contributed by atoms with Crippen LogP contribution in [-0.2, 0) is 25.6 Å². The van der Waals surface area contributed by atoms with Crippen LogP contribution in [0.2, 0.25) is 0 Å². The number of hydrogen-bond donors (Lipinski definition) is 0. The van der Waals surface area contributed by atoms with Crippen molar-refractivity contribution < 1.29 is 13.9 Å². The number of thiophene rings is 1. The maximum Gasteiger partial charge on any atom is 0.213 e. The van der Waals surface area contributed by atoms with E-state index in [9.17, 15) is 9.18 Å². The summed E-state index contributed by atoms with van der Waals surface area (Å²) < 4.78 is 22.2. The van der Waals surface area contributed by atoms with Crippen LogP contribution in [0.1, 0.15) is 52.6 Å². The second kappa shape index (κ2) is 10.0. The summed E-state index contributed by atoms with van der Waals surface area (Å²) in [5.74, 6) is 1.33. The Morgan fingerprint density at radius 1 is 1.30 bits per heavy atom. The standard InChI is InChI=1S/C28H28FN5O2S/c1-18-14-34(15-25-31-23-12-21(16-35)37-27(23)33(25)3)10-9-28(18,2)24-5-4-6-26(32-24)36-17-20-8-7-19(13-30)11-22(20)29/h4-8,11-12,16,18H,9-10,14-15,17H2,1-3H3/t18-,28-/m0/s1. The van der Waals surface area contributed by atoms with E-state index < -0.39 is 5.82 Å². The summed E-state index contributed by atoms with van der Waals surface area (Å²) in [5.41, 5.74) is 2.38. The third-order valence-corrected chi connectivity index (χ3v) is 8.69. The highest BCUT2D eigenvalue weighted by Gasteiger charge is 2.39. The van der Waals surface area contributed by atoms with Gasteiger partial charge in [-0.05, 0) is 43.1 Å². The van der Waals surface area contributed by atoms with Crippen molar-refractivity contribution in [1.29, 1.82) is 5.26 Å². The van der Waals surface area contributed by atoms with E-state index in [2.05, 4.69) is 23.3 Å². The molecule has 0 aliphatic carbocycles. The van der Waals surface area contributed by atoms with Gasteiger partial charge in [-0.1, -0.05) is 26.0 Å². The molecule has 3 aromatic heterocycles. The van der Waals surface area contributed by atoms with Gasteiger partial charge in [0.05, 0.1) is 28.7 Å². The Morgan fingerprint density at radius 2 is 2.14 bits per heavy atom. The second-order valence-corrected chi connectivity index (χ2v) is 11.0. The first-order chi connectivity index (χ1) is 17.8. The number of nitriles is 1. The number of fused-ring (bicyclic) bond motifs is 1. The molecule has 1 fully saturated rings. The zero-order valence-electron chi connectivity index (χ0n) is 21.1. The van der Waals surface area contributed by atoms with Gasteiger partial charge in [0, 0.05) is 30.6 Å². The normalized spacial score (nSPS) is 20.1. The van der Waals surface area contributed by atoms with Crippen molar-refractivity contribution in [2.24, 2.45) is 13.0 Å². The number of hydrogen-bond acceptors (Lipinski definition) is 7. The van der Waals surface area contributed by atoms with E-state index in [1.165, 1.54) is 17.4 Å². The van der Waals surface area contributed by atoms with Crippen molar-refractivity contribution in [3.63, 3.8) is 0 Å². The topological polar surface area (TPSA) is 84.0 Å². The summed E-state index contributed by atoms with van der Waals surface area (Å²) in [6, 6.07) is 13.9. The average Bonchev–Trinajstić information content (AvgIpc) is 3.44. The number of ether oxygens (including phenoxy) is 1. The number of nitrogens with zero attached hydrogens (tertiary/aromatic N) is 5. The molecule has 37 heavy (non-hydrogen) atoms. The van der Waals surface area contributed by atoms with E-state index in [1.54, 1.807) is 18.2 Å². The smallest absolute Gasteiger partial charge is 0.213 e. The molecule has 1 aliphatic rings. The van der Waals surface area contributed by atoms with Gasteiger partial charge in [-0.3, -0.25) is 9.69 Å². The summed E-state index contributed by atoms with van der Waals surface area (Å²) in [5, 5.41) is 8.93. The lowest BCUT2D eigenvalue weighted by Crippen LogP contribution is -2.47. The van der Waals surface area contributed by atoms with Crippen LogP contribution in [0.25, 0.3) is 10.3 Å². The Morgan fingerprint density at radius 3 is 2.84 bits per heavy atom. The van der Waals surface area contributed by atoms with Crippen molar-refractivity contribution in [2.45, 2.75) is 38.8 Å². The molecule has 1 aliphatic heterocycles. The van der Waals surface area contributed by atoms with Gasteiger partial charge in [-0.2, -0.15) is 5.26 Å². The Kier molecular flexibility index (Phi) is 6.80. The highest BCUT2D eigenvalue weighted by Crippen LogP contribution is 2.39. The van der Waals surface area contributed by atoms with Crippen LogP contribution in [0, 0.1) is 23.1 Å². The number of piperidine rings is 1. The minimum atomic E-state index is -0.458. The highest BCUT2D eigenvalue weighted by atomic mass is 32.1. The first kappa shape index (κ1) is 25.1. The molecule has 4 heterocycles. The molecule has 1 aromatic carbocycles. The Bertz CT molecular complexity index is 1510. The molecule has 0 N–H and O–H groups in total. The molecular weight excluding hydrogens is 489 g/mol. The highest BCUT2D eigenvalue weighted by molar-refractivity contribution is 7.20. The maximum absolute atomic E-state index is 14.2. The summed E-state index contributed by atoms with van der Waals surface area (Å²) in [6.07, 6.45) is 1.81. The fourth-order valence-electron chi connectivity index (χ4n) is 4.98. The molecule has 0 bridgehead atoms. The molecule has 9 heteroatoms. The number of aromatic nitrogens is 3. The van der Waals surface area contributed by atoms with Gasteiger partial charge in [-0.25, -0.2) is 14.4 Å². The van der Waals surface area contributed by atoms with Gasteiger partial charge in [-0.15, -0.1) is 11.3 Å². The van der Waals surface area contributed by atoms with Crippen LogP contribution in [-0.4, -0.2) is 38.8 Å². The van der Waals surface area contributed by atoms with Crippen LogP contribution in [0.15, 0.2) is 42.5 Å². The number of rotatable bonds is 7. The lowest BCUT2D eigenvalue weighted by atomic mass is 9.70. The van der Waals surface area contributed by atoms with Gasteiger partial charge in [0.1, 0.15) is 28.6 Å².